The molecule has 2 saturated heterocycles. The van der Waals surface area contributed by atoms with Crippen LogP contribution in [0.3, 0.4) is 0 Å². The number of hydrogen-bond acceptors (Lipinski definition) is 5. The summed E-state index contributed by atoms with van der Waals surface area (Å²) in [6, 6.07) is 4.24. The van der Waals surface area contributed by atoms with Crippen LogP contribution >= 0.6 is 0 Å². The number of ether oxygens (including phenoxy) is 2. The number of rotatable bonds is 11. The zero-order chi connectivity index (χ0) is 24.4. The molecule has 5 nitrogen and oxygen atoms in total. The van der Waals surface area contributed by atoms with Crippen molar-refractivity contribution in [3.8, 4) is 0 Å². The number of morpholine rings is 1. The minimum absolute atomic E-state index is 0.342. The zero-order valence-electron chi connectivity index (χ0n) is 23.4. The van der Waals surface area contributed by atoms with Gasteiger partial charge in [-0.1, -0.05) is 6.42 Å². The zero-order valence-corrected chi connectivity index (χ0v) is 23.4. The van der Waals surface area contributed by atoms with E-state index in [4.69, 9.17) is 9.47 Å². The number of hydrogen-bond donors (Lipinski definition) is 0. The summed E-state index contributed by atoms with van der Waals surface area (Å²) in [7, 11) is 0. The van der Waals surface area contributed by atoms with Gasteiger partial charge in [0.2, 0.25) is 0 Å². The predicted molar refractivity (Wildman–Crippen MR) is 141 cm³/mol. The third-order valence-electron chi connectivity index (χ3n) is 9.54. The second kappa shape index (κ2) is 11.9. The van der Waals surface area contributed by atoms with Crippen molar-refractivity contribution < 1.29 is 9.47 Å². The fourth-order valence-corrected chi connectivity index (χ4v) is 7.43. The highest BCUT2D eigenvalue weighted by Crippen LogP contribution is 2.45. The highest BCUT2D eigenvalue weighted by molar-refractivity contribution is 5.00. The Kier molecular flexibility index (Phi) is 9.40. The number of nitrogens with zero attached hydrogens (tertiary/aromatic N) is 3. The second-order valence-electron chi connectivity index (χ2n) is 12.9. The quantitative estimate of drug-likeness (QED) is 0.389. The molecule has 0 amide bonds. The normalized spacial score (nSPS) is 36.9. The van der Waals surface area contributed by atoms with Gasteiger partial charge in [-0.05, 0) is 98.8 Å². The molecule has 5 heteroatoms. The van der Waals surface area contributed by atoms with Gasteiger partial charge < -0.3 is 9.47 Å². The fourth-order valence-electron chi connectivity index (χ4n) is 7.43. The van der Waals surface area contributed by atoms with Crippen molar-refractivity contribution in [3.63, 3.8) is 0 Å². The molecule has 4 rings (SSSR count). The van der Waals surface area contributed by atoms with Crippen LogP contribution < -0.4 is 0 Å². The Morgan fingerprint density at radius 1 is 0.882 bits per heavy atom. The SMILES string of the molecule is CC1CN(C(C)CCOC[C@@H]2CC(C3CC(N(C(C)C)C4CCC4)C3)CN2C(C)C)CC(C)O1. The van der Waals surface area contributed by atoms with Crippen molar-refractivity contribution in [1.29, 1.82) is 0 Å². The van der Waals surface area contributed by atoms with Gasteiger partial charge in [0.25, 0.3) is 0 Å². The Labute approximate surface area is 210 Å². The first-order valence-corrected chi connectivity index (χ1v) is 14.7. The van der Waals surface area contributed by atoms with Crippen LogP contribution in [0.25, 0.3) is 0 Å². The first kappa shape index (κ1) is 26.9. The summed E-state index contributed by atoms with van der Waals surface area (Å²) >= 11 is 0. The molecule has 2 aliphatic carbocycles. The van der Waals surface area contributed by atoms with Crippen molar-refractivity contribution in [2.75, 3.05) is 32.8 Å². The lowest BCUT2D eigenvalue weighted by molar-refractivity contribution is -0.0814. The van der Waals surface area contributed by atoms with Crippen molar-refractivity contribution >= 4 is 0 Å². The molecule has 2 heterocycles. The summed E-state index contributed by atoms with van der Waals surface area (Å²) in [5, 5.41) is 0. The molecular weight excluding hydrogens is 422 g/mol. The van der Waals surface area contributed by atoms with Gasteiger partial charge in [0.15, 0.2) is 0 Å². The highest BCUT2D eigenvalue weighted by atomic mass is 16.5. The lowest BCUT2D eigenvalue weighted by Crippen LogP contribution is -2.56. The summed E-state index contributed by atoms with van der Waals surface area (Å²) in [4.78, 5) is 8.22. The summed E-state index contributed by atoms with van der Waals surface area (Å²) in [5.41, 5.74) is 0. The molecule has 4 unspecified atom stereocenters. The minimum atomic E-state index is 0.342. The monoisotopic (exact) mass is 477 g/mol. The smallest absolute Gasteiger partial charge is 0.0678 e. The highest BCUT2D eigenvalue weighted by Gasteiger charge is 2.46. The Balaban J connectivity index is 1.19. The maximum atomic E-state index is 6.33. The average Bonchev–Trinajstić information content (AvgIpc) is 3.11. The molecule has 0 bridgehead atoms. The second-order valence-corrected chi connectivity index (χ2v) is 12.9. The van der Waals surface area contributed by atoms with Crippen molar-refractivity contribution in [2.24, 2.45) is 11.8 Å². The van der Waals surface area contributed by atoms with E-state index in [9.17, 15) is 0 Å². The van der Waals surface area contributed by atoms with Crippen molar-refractivity contribution in [1.82, 2.24) is 14.7 Å². The lowest BCUT2D eigenvalue weighted by Gasteiger charge is -2.52. The van der Waals surface area contributed by atoms with Crippen LogP contribution in [0.1, 0.15) is 93.4 Å². The minimum Gasteiger partial charge on any atom is -0.380 e. The van der Waals surface area contributed by atoms with E-state index in [1.807, 2.05) is 0 Å². The van der Waals surface area contributed by atoms with Gasteiger partial charge in [0, 0.05) is 62.5 Å². The fraction of sp³-hybridized carbons (Fsp3) is 1.00. The maximum absolute atomic E-state index is 6.33. The van der Waals surface area contributed by atoms with Crippen LogP contribution in [0.2, 0.25) is 0 Å². The molecule has 4 aliphatic rings. The van der Waals surface area contributed by atoms with E-state index in [1.165, 1.54) is 45.1 Å². The van der Waals surface area contributed by atoms with Gasteiger partial charge in [0.05, 0.1) is 18.8 Å². The Bertz CT molecular complexity index is 608. The van der Waals surface area contributed by atoms with Crippen LogP contribution in [0.5, 0.6) is 0 Å². The van der Waals surface area contributed by atoms with Gasteiger partial charge in [-0.2, -0.15) is 0 Å². The molecule has 0 spiro atoms. The van der Waals surface area contributed by atoms with E-state index in [1.54, 1.807) is 0 Å². The summed E-state index contributed by atoms with van der Waals surface area (Å²) in [5.74, 6) is 1.81. The van der Waals surface area contributed by atoms with E-state index < -0.39 is 0 Å². The molecule has 5 atom stereocenters. The standard InChI is InChI=1S/C29H55N3O2/c1-20(2)31-18-26(25-13-28(14-25)32(21(3)4)27-9-8-10-27)15-29(31)19-33-12-11-22(5)30-16-23(6)34-24(7)17-30/h20-29H,8-19H2,1-7H3/t22?,23?,24?,25?,26?,28?,29-/m0/s1. The molecule has 4 fully saturated rings. The van der Waals surface area contributed by atoms with E-state index in [0.29, 0.717) is 36.4 Å². The van der Waals surface area contributed by atoms with E-state index in [2.05, 4.69) is 63.2 Å². The molecule has 0 aromatic carbocycles. The molecule has 0 radical (unpaired) electrons. The molecule has 198 valence electrons. The van der Waals surface area contributed by atoms with Crippen molar-refractivity contribution in [3.05, 3.63) is 0 Å². The van der Waals surface area contributed by atoms with Crippen LogP contribution in [0, 0.1) is 11.8 Å². The number of likely N-dealkylation sites (tertiary alicyclic amines) is 1. The topological polar surface area (TPSA) is 28.2 Å². The summed E-state index contributed by atoms with van der Waals surface area (Å²) in [6.45, 7) is 21.5. The first-order valence-electron chi connectivity index (χ1n) is 14.7. The van der Waals surface area contributed by atoms with Crippen LogP contribution in [-0.2, 0) is 9.47 Å². The summed E-state index contributed by atoms with van der Waals surface area (Å²) < 4.78 is 12.2. The first-order chi connectivity index (χ1) is 16.2. The molecule has 0 N–H and O–H groups in total. The van der Waals surface area contributed by atoms with Gasteiger partial charge in [-0.3, -0.25) is 14.7 Å². The summed E-state index contributed by atoms with van der Waals surface area (Å²) in [6.07, 6.45) is 10.3. The third kappa shape index (κ3) is 6.37. The molecule has 0 aromatic rings. The Morgan fingerprint density at radius 3 is 2.12 bits per heavy atom. The average molecular weight is 478 g/mol. The molecule has 0 aromatic heterocycles. The van der Waals surface area contributed by atoms with Gasteiger partial charge in [-0.25, -0.2) is 0 Å². The van der Waals surface area contributed by atoms with Gasteiger partial charge in [0.1, 0.15) is 0 Å². The van der Waals surface area contributed by atoms with Crippen LogP contribution in [-0.4, -0.2) is 96.0 Å². The Hall–Kier alpha value is -0.200. The van der Waals surface area contributed by atoms with Crippen molar-refractivity contribution in [2.45, 2.75) is 142 Å². The van der Waals surface area contributed by atoms with E-state index in [0.717, 1.165) is 56.6 Å². The molecule has 2 aliphatic heterocycles. The van der Waals surface area contributed by atoms with Crippen LogP contribution in [0.4, 0.5) is 0 Å². The molecule has 2 saturated carbocycles. The molecular formula is C29H55N3O2. The Morgan fingerprint density at radius 2 is 1.56 bits per heavy atom. The maximum Gasteiger partial charge on any atom is 0.0678 e. The van der Waals surface area contributed by atoms with E-state index in [-0.39, 0.29) is 0 Å². The lowest BCUT2D eigenvalue weighted by atomic mass is 9.69. The third-order valence-corrected chi connectivity index (χ3v) is 9.54. The largest absolute Gasteiger partial charge is 0.380 e. The molecule has 34 heavy (non-hydrogen) atoms. The van der Waals surface area contributed by atoms with Gasteiger partial charge in [-0.15, -0.1) is 0 Å². The van der Waals surface area contributed by atoms with E-state index >= 15 is 0 Å². The van der Waals surface area contributed by atoms with Crippen LogP contribution in [0.15, 0.2) is 0 Å². The van der Waals surface area contributed by atoms with Gasteiger partial charge >= 0.3 is 0 Å². The predicted octanol–water partition coefficient (Wildman–Crippen LogP) is 5.03.